The van der Waals surface area contributed by atoms with Gasteiger partial charge in [0.15, 0.2) is 17.5 Å². The lowest BCUT2D eigenvalue weighted by Gasteiger charge is -2.34. The van der Waals surface area contributed by atoms with Gasteiger partial charge in [0, 0.05) is 18.5 Å². The number of nitrogen functional groups attached to an aromatic ring is 2. The molecule has 3 heterocycles. The molecule has 14 heteroatoms. The Hall–Kier alpha value is -3.68. The van der Waals surface area contributed by atoms with Crippen molar-refractivity contribution in [1.82, 2.24) is 25.4 Å². The van der Waals surface area contributed by atoms with Gasteiger partial charge in [-0.3, -0.25) is 19.7 Å². The topological polar surface area (TPSA) is 196 Å². The normalized spacial score (nSPS) is 18.3. The molecule has 1 aliphatic rings. The van der Waals surface area contributed by atoms with Crippen molar-refractivity contribution in [3.8, 4) is 5.88 Å². The van der Waals surface area contributed by atoms with Gasteiger partial charge in [-0.05, 0) is 6.92 Å². The van der Waals surface area contributed by atoms with Crippen molar-refractivity contribution in [1.29, 1.82) is 5.41 Å². The quantitative estimate of drug-likeness (QED) is 0.104. The number of nitrogens with two attached hydrogens (primary N) is 2. The summed E-state index contributed by atoms with van der Waals surface area (Å²) in [5.41, 5.74) is 11.6. The molecule has 0 bridgehead atoms. The van der Waals surface area contributed by atoms with Crippen LogP contribution in [0.4, 0.5) is 5.13 Å². The lowest BCUT2D eigenvalue weighted by molar-refractivity contribution is -0.134. The summed E-state index contributed by atoms with van der Waals surface area (Å²) in [6.07, 6.45) is 0. The van der Waals surface area contributed by atoms with E-state index in [2.05, 4.69) is 25.9 Å². The zero-order chi connectivity index (χ0) is 21.8. The van der Waals surface area contributed by atoms with E-state index in [9.17, 15) is 9.59 Å². The van der Waals surface area contributed by atoms with Crippen LogP contribution in [0.2, 0.25) is 0 Å². The van der Waals surface area contributed by atoms with Gasteiger partial charge in [-0.15, -0.1) is 16.4 Å². The second kappa shape index (κ2) is 8.77. The SMILES string of the molecule is CC1NC(=O)C1NC(=O)C(=NOCCOc1cc(C(=N)N)n(C)n1)c1csc(N)n1. The molecule has 2 unspecified atom stereocenters. The van der Waals surface area contributed by atoms with Crippen LogP contribution >= 0.6 is 11.3 Å². The van der Waals surface area contributed by atoms with Crippen molar-refractivity contribution in [3.05, 3.63) is 22.8 Å². The molecule has 0 aromatic carbocycles. The third-order valence-corrected chi connectivity index (χ3v) is 4.81. The van der Waals surface area contributed by atoms with E-state index in [0.29, 0.717) is 5.69 Å². The van der Waals surface area contributed by atoms with Gasteiger partial charge in [0.2, 0.25) is 11.8 Å². The van der Waals surface area contributed by atoms with E-state index >= 15 is 0 Å². The van der Waals surface area contributed by atoms with Crippen LogP contribution in [0.1, 0.15) is 18.3 Å². The summed E-state index contributed by atoms with van der Waals surface area (Å²) >= 11 is 1.14. The first kappa shape index (κ1) is 21.0. The molecular formula is C16H21N9O4S. The van der Waals surface area contributed by atoms with Crippen LogP contribution in [-0.4, -0.2) is 63.4 Å². The molecule has 0 radical (unpaired) electrons. The molecular weight excluding hydrogens is 414 g/mol. The van der Waals surface area contributed by atoms with Gasteiger partial charge in [0.05, 0.1) is 6.04 Å². The number of thiazole rings is 1. The smallest absolute Gasteiger partial charge is 0.276 e. The number of oxime groups is 1. The van der Waals surface area contributed by atoms with E-state index in [1.807, 2.05) is 0 Å². The molecule has 3 rings (SSSR count). The Bertz CT molecular complexity index is 999. The minimum Gasteiger partial charge on any atom is -0.473 e. The summed E-state index contributed by atoms with van der Waals surface area (Å²) in [6.45, 7) is 1.85. The van der Waals surface area contributed by atoms with Crippen molar-refractivity contribution in [2.45, 2.75) is 19.0 Å². The summed E-state index contributed by atoms with van der Waals surface area (Å²) < 4.78 is 6.84. The van der Waals surface area contributed by atoms with E-state index in [0.717, 1.165) is 11.3 Å². The predicted molar refractivity (Wildman–Crippen MR) is 108 cm³/mol. The number of nitrogens with zero attached hydrogens (tertiary/aromatic N) is 4. The van der Waals surface area contributed by atoms with Crippen LogP contribution in [0, 0.1) is 5.41 Å². The van der Waals surface area contributed by atoms with Crippen LogP contribution < -0.4 is 26.8 Å². The summed E-state index contributed by atoms with van der Waals surface area (Å²) in [7, 11) is 1.64. The fourth-order valence-electron chi connectivity index (χ4n) is 2.59. The van der Waals surface area contributed by atoms with E-state index < -0.39 is 11.9 Å². The van der Waals surface area contributed by atoms with E-state index in [1.165, 1.54) is 10.7 Å². The Balaban J connectivity index is 1.59. The number of carbonyl (C=O) groups excluding carboxylic acids is 2. The number of hydrogen-bond acceptors (Lipinski definition) is 10. The number of anilines is 1. The third kappa shape index (κ3) is 4.65. The fraction of sp³-hybridized carbons (Fsp3) is 0.375. The highest BCUT2D eigenvalue weighted by molar-refractivity contribution is 7.13. The average molecular weight is 435 g/mol. The molecule has 2 aromatic rings. The lowest BCUT2D eigenvalue weighted by atomic mass is 10.0. The largest absolute Gasteiger partial charge is 0.473 e. The number of carbonyl (C=O) groups is 2. The van der Waals surface area contributed by atoms with Crippen molar-refractivity contribution in [3.63, 3.8) is 0 Å². The summed E-state index contributed by atoms with van der Waals surface area (Å²) in [5, 5.41) is 22.4. The molecule has 2 atom stereocenters. The van der Waals surface area contributed by atoms with Crippen molar-refractivity contribution in [2.75, 3.05) is 18.9 Å². The highest BCUT2D eigenvalue weighted by atomic mass is 32.1. The van der Waals surface area contributed by atoms with Gasteiger partial charge in [-0.1, -0.05) is 5.16 Å². The van der Waals surface area contributed by atoms with Crippen LogP contribution in [0.15, 0.2) is 16.6 Å². The first-order chi connectivity index (χ1) is 14.3. The highest BCUT2D eigenvalue weighted by Gasteiger charge is 2.38. The van der Waals surface area contributed by atoms with Crippen LogP contribution in [0.25, 0.3) is 0 Å². The number of rotatable bonds is 9. The number of amides is 2. The molecule has 2 amide bonds. The second-order valence-corrected chi connectivity index (χ2v) is 7.24. The summed E-state index contributed by atoms with van der Waals surface area (Å²) in [5.74, 6) is -0.745. The van der Waals surface area contributed by atoms with Crippen LogP contribution in [-0.2, 0) is 21.5 Å². The van der Waals surface area contributed by atoms with Gasteiger partial charge in [0.1, 0.15) is 29.9 Å². The number of aromatic nitrogens is 3. The summed E-state index contributed by atoms with van der Waals surface area (Å²) in [6, 6.07) is 0.685. The molecule has 13 nitrogen and oxygen atoms in total. The molecule has 1 aliphatic heterocycles. The Morgan fingerprint density at radius 3 is 2.83 bits per heavy atom. The lowest BCUT2D eigenvalue weighted by Crippen LogP contribution is -2.68. The molecule has 0 saturated carbocycles. The monoisotopic (exact) mass is 435 g/mol. The van der Waals surface area contributed by atoms with Gasteiger partial charge in [-0.2, -0.15) is 0 Å². The third-order valence-electron chi connectivity index (χ3n) is 4.13. The van der Waals surface area contributed by atoms with E-state index in [4.69, 9.17) is 26.5 Å². The zero-order valence-electron chi connectivity index (χ0n) is 16.2. The van der Waals surface area contributed by atoms with Crippen LogP contribution in [0.3, 0.4) is 0 Å². The Labute approximate surface area is 174 Å². The number of nitrogens with one attached hydrogen (secondary N) is 3. The fourth-order valence-corrected chi connectivity index (χ4v) is 3.13. The first-order valence-electron chi connectivity index (χ1n) is 8.80. The van der Waals surface area contributed by atoms with Crippen molar-refractivity contribution in [2.24, 2.45) is 17.9 Å². The van der Waals surface area contributed by atoms with Crippen LogP contribution in [0.5, 0.6) is 5.88 Å². The Morgan fingerprint density at radius 1 is 1.50 bits per heavy atom. The maximum Gasteiger partial charge on any atom is 0.276 e. The van der Waals surface area contributed by atoms with Gasteiger partial charge in [-0.25, -0.2) is 4.98 Å². The van der Waals surface area contributed by atoms with E-state index in [1.54, 1.807) is 19.4 Å². The molecule has 7 N–H and O–H groups in total. The molecule has 0 spiro atoms. The number of hydrogen-bond donors (Lipinski definition) is 5. The van der Waals surface area contributed by atoms with Gasteiger partial charge < -0.3 is 31.7 Å². The first-order valence-corrected chi connectivity index (χ1v) is 9.68. The second-order valence-electron chi connectivity index (χ2n) is 6.35. The highest BCUT2D eigenvalue weighted by Crippen LogP contribution is 2.14. The molecule has 1 saturated heterocycles. The molecule has 0 aliphatic carbocycles. The maximum absolute atomic E-state index is 12.6. The molecule has 2 aromatic heterocycles. The standard InChI is InChI=1S/C16H21N9O4S/c1-7-11(14(26)20-7)22-15(27)12(8-6-30-16(19)21-8)24-29-4-3-28-10-5-9(13(17)18)25(2)23-10/h5-7,11H,3-4H2,1-2H3,(H3,17,18)(H2,19,21)(H,20,26)(H,22,27). The molecule has 1 fully saturated rings. The average Bonchev–Trinajstić information content (AvgIpc) is 3.28. The maximum atomic E-state index is 12.6. The summed E-state index contributed by atoms with van der Waals surface area (Å²) in [4.78, 5) is 33.4. The predicted octanol–water partition coefficient (Wildman–Crippen LogP) is -1.45. The minimum absolute atomic E-state index is 0.00267. The van der Waals surface area contributed by atoms with Gasteiger partial charge >= 0.3 is 0 Å². The number of aryl methyl sites for hydroxylation is 1. The Morgan fingerprint density at radius 2 is 2.27 bits per heavy atom. The number of β-lactam (4-membered cyclic amide) rings is 1. The van der Waals surface area contributed by atoms with Crippen molar-refractivity contribution >= 4 is 39.8 Å². The minimum atomic E-state index is -0.651. The van der Waals surface area contributed by atoms with Gasteiger partial charge in [0.25, 0.3) is 5.91 Å². The molecule has 160 valence electrons. The number of amidine groups is 1. The Kier molecular flexibility index (Phi) is 6.15. The van der Waals surface area contributed by atoms with E-state index in [-0.39, 0.29) is 53.4 Å². The zero-order valence-corrected chi connectivity index (χ0v) is 17.0. The molecule has 30 heavy (non-hydrogen) atoms. The number of ether oxygens (including phenoxy) is 1. The van der Waals surface area contributed by atoms with Crippen molar-refractivity contribution < 1.29 is 19.2 Å².